The Labute approximate surface area is 103 Å². The maximum Gasteiger partial charge on any atom is 0.338 e. The Morgan fingerprint density at radius 3 is 2.88 bits per heavy atom. The molecule has 0 N–H and O–H groups in total. The lowest BCUT2D eigenvalue weighted by atomic mass is 10.0. The molecule has 0 spiro atoms. The van der Waals surface area contributed by atoms with Gasteiger partial charge < -0.3 is 4.74 Å². The Balaban J connectivity index is 3.06. The third-order valence-electron chi connectivity index (χ3n) is 2.24. The number of carbonyl (C=O) groups excluding carboxylic acids is 1. The van der Waals surface area contributed by atoms with Crippen molar-refractivity contribution in [1.29, 1.82) is 5.26 Å². The van der Waals surface area contributed by atoms with E-state index in [1.165, 1.54) is 7.11 Å². The number of ether oxygens (including phenoxy) is 1. The molecule has 0 saturated carbocycles. The van der Waals surface area contributed by atoms with Crippen LogP contribution < -0.4 is 0 Å². The van der Waals surface area contributed by atoms with Gasteiger partial charge in [-0.15, -0.1) is 0 Å². The number of nitrogens with zero attached hydrogens (tertiary/aromatic N) is 1. The molecule has 1 rings (SSSR count). The highest BCUT2D eigenvalue weighted by Crippen LogP contribution is 2.17. The molecule has 0 unspecified atom stereocenters. The van der Waals surface area contributed by atoms with Gasteiger partial charge in [0.15, 0.2) is 0 Å². The van der Waals surface area contributed by atoms with Gasteiger partial charge in [-0.3, -0.25) is 0 Å². The van der Waals surface area contributed by atoms with Gasteiger partial charge in [-0.05, 0) is 23.6 Å². The molecule has 0 aliphatic rings. The summed E-state index contributed by atoms with van der Waals surface area (Å²) in [7, 11) is 1.36. The highest BCUT2D eigenvalue weighted by molar-refractivity contribution is 9.08. The van der Waals surface area contributed by atoms with Crippen molar-refractivity contribution in [3.63, 3.8) is 0 Å². The Bertz CT molecular complexity index is 424. The second-order valence-corrected chi connectivity index (χ2v) is 3.84. The molecule has 0 fully saturated rings. The van der Waals surface area contributed by atoms with Crippen LogP contribution in [0.1, 0.15) is 27.9 Å². The summed E-state index contributed by atoms with van der Waals surface area (Å²) >= 11 is 3.36. The fraction of sp³-hybridized carbons (Fsp3) is 0.333. The van der Waals surface area contributed by atoms with E-state index in [1.54, 1.807) is 6.07 Å². The number of rotatable bonds is 4. The first kappa shape index (κ1) is 12.7. The molecule has 0 aliphatic heterocycles. The molecule has 84 valence electrons. The minimum Gasteiger partial charge on any atom is -0.465 e. The summed E-state index contributed by atoms with van der Waals surface area (Å²) in [5.41, 5.74) is 2.49. The van der Waals surface area contributed by atoms with Gasteiger partial charge in [-0.25, -0.2) is 4.79 Å². The van der Waals surface area contributed by atoms with E-state index < -0.39 is 0 Å². The van der Waals surface area contributed by atoms with Crippen molar-refractivity contribution < 1.29 is 9.53 Å². The SMILES string of the molecule is COC(=O)c1ccc(CBr)cc1CCC#N. The molecular weight excluding hydrogens is 270 g/mol. The molecule has 16 heavy (non-hydrogen) atoms. The number of nitriles is 1. The lowest BCUT2D eigenvalue weighted by Crippen LogP contribution is -2.06. The van der Waals surface area contributed by atoms with Gasteiger partial charge in [0, 0.05) is 11.8 Å². The van der Waals surface area contributed by atoms with Crippen LogP contribution in [0.15, 0.2) is 18.2 Å². The summed E-state index contributed by atoms with van der Waals surface area (Å²) in [6, 6.07) is 7.62. The normalized spacial score (nSPS) is 9.56. The maximum atomic E-state index is 11.5. The van der Waals surface area contributed by atoms with Crippen LogP contribution >= 0.6 is 15.9 Å². The van der Waals surface area contributed by atoms with E-state index in [1.807, 2.05) is 12.1 Å². The van der Waals surface area contributed by atoms with Crippen LogP contribution in [0.5, 0.6) is 0 Å². The molecular formula is C12H12BrNO2. The standard InChI is InChI=1S/C12H12BrNO2/c1-16-12(15)11-5-4-9(8-13)7-10(11)3-2-6-14/h4-5,7H,2-3,8H2,1H3. The van der Waals surface area contributed by atoms with Crippen LogP contribution in [0, 0.1) is 11.3 Å². The fourth-order valence-corrected chi connectivity index (χ4v) is 1.79. The smallest absolute Gasteiger partial charge is 0.338 e. The molecule has 1 aromatic rings. The lowest BCUT2D eigenvalue weighted by Gasteiger charge is -2.08. The molecule has 0 saturated heterocycles. The van der Waals surface area contributed by atoms with Gasteiger partial charge in [0.05, 0.1) is 18.7 Å². The number of hydrogen-bond acceptors (Lipinski definition) is 3. The Morgan fingerprint density at radius 1 is 1.56 bits per heavy atom. The highest BCUT2D eigenvalue weighted by Gasteiger charge is 2.11. The van der Waals surface area contributed by atoms with Crippen molar-refractivity contribution in [3.05, 3.63) is 34.9 Å². The number of alkyl halides is 1. The molecule has 0 radical (unpaired) electrons. The number of halogens is 1. The number of carbonyl (C=O) groups is 1. The number of hydrogen-bond donors (Lipinski definition) is 0. The third kappa shape index (κ3) is 3.07. The topological polar surface area (TPSA) is 50.1 Å². The molecule has 0 aromatic heterocycles. The molecule has 1 aromatic carbocycles. The Hall–Kier alpha value is -1.34. The highest BCUT2D eigenvalue weighted by atomic mass is 79.9. The van der Waals surface area contributed by atoms with Crippen LogP contribution in [-0.4, -0.2) is 13.1 Å². The lowest BCUT2D eigenvalue weighted by molar-refractivity contribution is 0.0599. The summed E-state index contributed by atoms with van der Waals surface area (Å²) in [6.45, 7) is 0. The zero-order chi connectivity index (χ0) is 12.0. The summed E-state index contributed by atoms with van der Waals surface area (Å²) in [6.07, 6.45) is 0.970. The van der Waals surface area contributed by atoms with Crippen molar-refractivity contribution in [3.8, 4) is 6.07 Å². The van der Waals surface area contributed by atoms with Crippen LogP contribution in [0.25, 0.3) is 0 Å². The summed E-state index contributed by atoms with van der Waals surface area (Å²) < 4.78 is 4.70. The van der Waals surface area contributed by atoms with E-state index in [4.69, 9.17) is 10.00 Å². The van der Waals surface area contributed by atoms with Crippen molar-refractivity contribution in [1.82, 2.24) is 0 Å². The summed E-state index contributed by atoms with van der Waals surface area (Å²) in [5.74, 6) is -0.353. The third-order valence-corrected chi connectivity index (χ3v) is 2.88. The molecule has 0 bridgehead atoms. The van der Waals surface area contributed by atoms with E-state index in [9.17, 15) is 4.79 Å². The predicted octanol–water partition coefficient (Wildman–Crippen LogP) is 2.82. The monoisotopic (exact) mass is 281 g/mol. The van der Waals surface area contributed by atoms with Gasteiger partial charge in [-0.1, -0.05) is 28.1 Å². The quantitative estimate of drug-likeness (QED) is 0.630. The van der Waals surface area contributed by atoms with Crippen LogP contribution in [0.4, 0.5) is 0 Å². The first-order chi connectivity index (χ1) is 7.72. The van der Waals surface area contributed by atoms with E-state index in [0.717, 1.165) is 16.5 Å². The van der Waals surface area contributed by atoms with E-state index in [0.29, 0.717) is 18.4 Å². The number of benzene rings is 1. The first-order valence-electron chi connectivity index (χ1n) is 4.86. The van der Waals surface area contributed by atoms with E-state index in [-0.39, 0.29) is 5.97 Å². The number of methoxy groups -OCH3 is 1. The molecule has 0 aliphatic carbocycles. The molecule has 3 nitrogen and oxygen atoms in total. The summed E-state index contributed by atoms with van der Waals surface area (Å²) in [4.78, 5) is 11.5. The maximum absolute atomic E-state index is 11.5. The molecule has 0 heterocycles. The number of esters is 1. The van der Waals surface area contributed by atoms with Crippen molar-refractivity contribution in [2.75, 3.05) is 7.11 Å². The second-order valence-electron chi connectivity index (χ2n) is 3.27. The molecule has 0 amide bonds. The zero-order valence-corrected chi connectivity index (χ0v) is 10.6. The van der Waals surface area contributed by atoms with Crippen LogP contribution in [0.3, 0.4) is 0 Å². The van der Waals surface area contributed by atoms with Gasteiger partial charge in [-0.2, -0.15) is 5.26 Å². The predicted molar refractivity (Wildman–Crippen MR) is 64.3 cm³/mol. The second kappa shape index (κ2) is 6.29. The van der Waals surface area contributed by atoms with Gasteiger partial charge in [0.1, 0.15) is 0 Å². The Kier molecular flexibility index (Phi) is 5.00. The molecule has 4 heteroatoms. The van der Waals surface area contributed by atoms with Gasteiger partial charge >= 0.3 is 5.97 Å². The van der Waals surface area contributed by atoms with Gasteiger partial charge in [0.2, 0.25) is 0 Å². The molecule has 0 atom stereocenters. The van der Waals surface area contributed by atoms with Crippen LogP contribution in [0.2, 0.25) is 0 Å². The summed E-state index contributed by atoms with van der Waals surface area (Å²) in [5, 5.41) is 9.30. The largest absolute Gasteiger partial charge is 0.465 e. The van der Waals surface area contributed by atoms with Gasteiger partial charge in [0.25, 0.3) is 0 Å². The fourth-order valence-electron chi connectivity index (χ4n) is 1.44. The average Bonchev–Trinajstić information content (AvgIpc) is 2.34. The van der Waals surface area contributed by atoms with Crippen molar-refractivity contribution in [2.24, 2.45) is 0 Å². The van der Waals surface area contributed by atoms with Crippen molar-refractivity contribution in [2.45, 2.75) is 18.2 Å². The minimum atomic E-state index is -0.353. The zero-order valence-electron chi connectivity index (χ0n) is 9.00. The minimum absolute atomic E-state index is 0.353. The van der Waals surface area contributed by atoms with E-state index >= 15 is 0 Å². The average molecular weight is 282 g/mol. The van der Waals surface area contributed by atoms with Crippen molar-refractivity contribution >= 4 is 21.9 Å². The Morgan fingerprint density at radius 2 is 2.31 bits per heavy atom. The number of aryl methyl sites for hydroxylation is 1. The van der Waals surface area contributed by atoms with Crippen LogP contribution in [-0.2, 0) is 16.5 Å². The first-order valence-corrected chi connectivity index (χ1v) is 5.98. The van der Waals surface area contributed by atoms with E-state index in [2.05, 4.69) is 22.0 Å².